The molecule has 0 aliphatic heterocycles. The molecular formula is C68H43NO2. The number of nitrogens with zero attached hydrogens (tertiary/aromatic N) is 1. The molecule has 0 atom stereocenters. The molecule has 2 aromatic heterocycles. The largest absolute Gasteiger partial charge is 0.455 e. The average Bonchev–Trinajstić information content (AvgIpc) is 4.04. The molecule has 0 bridgehead atoms. The Morgan fingerprint density at radius 2 is 0.718 bits per heavy atom. The van der Waals surface area contributed by atoms with Crippen molar-refractivity contribution in [1.82, 2.24) is 0 Å². The third kappa shape index (κ3) is 6.82. The molecule has 14 rings (SSSR count). The highest BCUT2D eigenvalue weighted by molar-refractivity contribution is 6.21. The van der Waals surface area contributed by atoms with Crippen molar-refractivity contribution in [2.24, 2.45) is 0 Å². The van der Waals surface area contributed by atoms with E-state index in [-0.39, 0.29) is 0 Å². The molecule has 0 fully saturated rings. The predicted octanol–water partition coefficient (Wildman–Crippen LogP) is 19.6. The van der Waals surface area contributed by atoms with Crippen LogP contribution in [0.25, 0.3) is 121 Å². The van der Waals surface area contributed by atoms with Gasteiger partial charge in [-0.15, -0.1) is 0 Å². The van der Waals surface area contributed by atoms with E-state index in [0.29, 0.717) is 0 Å². The predicted molar refractivity (Wildman–Crippen MR) is 298 cm³/mol. The minimum atomic E-state index is 0.867. The van der Waals surface area contributed by atoms with E-state index in [0.717, 1.165) is 110 Å². The van der Waals surface area contributed by atoms with Gasteiger partial charge in [-0.1, -0.05) is 200 Å². The van der Waals surface area contributed by atoms with Crippen LogP contribution in [0.2, 0.25) is 0 Å². The van der Waals surface area contributed by atoms with Crippen molar-refractivity contribution >= 4 is 82.5 Å². The topological polar surface area (TPSA) is 29.5 Å². The Morgan fingerprint density at radius 3 is 1.34 bits per heavy atom. The van der Waals surface area contributed by atoms with Crippen molar-refractivity contribution in [2.45, 2.75) is 0 Å². The number of fused-ring (bicyclic) bond motifs is 10. The van der Waals surface area contributed by atoms with Gasteiger partial charge >= 0.3 is 0 Å². The van der Waals surface area contributed by atoms with Gasteiger partial charge in [0.05, 0.1) is 5.69 Å². The van der Waals surface area contributed by atoms with Gasteiger partial charge in [0.25, 0.3) is 0 Å². The molecule has 332 valence electrons. The quantitative estimate of drug-likeness (QED) is 0.152. The molecule has 0 amide bonds. The molecule has 71 heavy (non-hydrogen) atoms. The van der Waals surface area contributed by atoms with Crippen LogP contribution < -0.4 is 4.90 Å². The van der Waals surface area contributed by atoms with Gasteiger partial charge in [0.2, 0.25) is 0 Å². The summed E-state index contributed by atoms with van der Waals surface area (Å²) < 4.78 is 13.3. The lowest BCUT2D eigenvalue weighted by atomic mass is 9.91. The first-order valence-corrected chi connectivity index (χ1v) is 24.2. The SMILES string of the molecule is c1ccc(-c2ccc(-c3ccc(N(c4ccc(-c5cccc6oc7c8ccccc8ccc7c56)cc4)c4ccccc4-c4cccc5oc6c7ccccc7ccc6c45)cc3)cc2-c2ccccc2)cc1. The van der Waals surface area contributed by atoms with Crippen molar-refractivity contribution in [2.75, 3.05) is 4.90 Å². The molecule has 0 saturated heterocycles. The van der Waals surface area contributed by atoms with Gasteiger partial charge in [0.1, 0.15) is 22.3 Å². The Balaban J connectivity index is 0.923. The maximum atomic E-state index is 6.73. The number of anilines is 3. The summed E-state index contributed by atoms with van der Waals surface area (Å²) in [4.78, 5) is 2.40. The lowest BCUT2D eigenvalue weighted by Gasteiger charge is -2.28. The van der Waals surface area contributed by atoms with Crippen LogP contribution in [0.3, 0.4) is 0 Å². The first kappa shape index (κ1) is 40.6. The van der Waals surface area contributed by atoms with Crippen LogP contribution in [0.4, 0.5) is 17.1 Å². The first-order valence-electron chi connectivity index (χ1n) is 24.2. The minimum Gasteiger partial charge on any atom is -0.455 e. The summed E-state index contributed by atoms with van der Waals surface area (Å²) in [6, 6.07) is 93.6. The van der Waals surface area contributed by atoms with Crippen LogP contribution in [0, 0.1) is 0 Å². The van der Waals surface area contributed by atoms with Gasteiger partial charge in [-0.25, -0.2) is 0 Å². The van der Waals surface area contributed by atoms with E-state index in [4.69, 9.17) is 8.83 Å². The summed E-state index contributed by atoms with van der Waals surface area (Å²) in [5.74, 6) is 0. The second-order valence-corrected chi connectivity index (χ2v) is 18.3. The van der Waals surface area contributed by atoms with Crippen molar-refractivity contribution in [1.29, 1.82) is 0 Å². The Kier molecular flexibility index (Phi) is 9.53. The summed E-state index contributed by atoms with van der Waals surface area (Å²) in [7, 11) is 0. The highest BCUT2D eigenvalue weighted by Crippen LogP contribution is 2.47. The number of benzene rings is 12. The molecule has 0 aliphatic carbocycles. The van der Waals surface area contributed by atoms with Crippen LogP contribution in [0.1, 0.15) is 0 Å². The second kappa shape index (κ2) is 16.7. The first-order chi connectivity index (χ1) is 35.2. The molecular weight excluding hydrogens is 863 g/mol. The molecule has 0 spiro atoms. The van der Waals surface area contributed by atoms with Crippen LogP contribution >= 0.6 is 0 Å². The lowest BCUT2D eigenvalue weighted by molar-refractivity contribution is 0.672. The van der Waals surface area contributed by atoms with E-state index in [1.807, 2.05) is 0 Å². The second-order valence-electron chi connectivity index (χ2n) is 18.3. The number of hydrogen-bond donors (Lipinski definition) is 0. The number of hydrogen-bond acceptors (Lipinski definition) is 3. The number of rotatable bonds is 8. The number of para-hydroxylation sites is 1. The van der Waals surface area contributed by atoms with E-state index in [2.05, 4.69) is 266 Å². The molecule has 0 aliphatic rings. The van der Waals surface area contributed by atoms with Crippen LogP contribution in [-0.4, -0.2) is 0 Å². The van der Waals surface area contributed by atoms with Crippen molar-refractivity contribution in [3.63, 3.8) is 0 Å². The normalized spacial score (nSPS) is 11.7. The van der Waals surface area contributed by atoms with Crippen molar-refractivity contribution < 1.29 is 8.83 Å². The zero-order valence-electron chi connectivity index (χ0n) is 38.6. The molecule has 12 aromatic carbocycles. The third-order valence-corrected chi connectivity index (χ3v) is 14.3. The molecule has 0 radical (unpaired) electrons. The van der Waals surface area contributed by atoms with Gasteiger partial charge in [-0.2, -0.15) is 0 Å². The van der Waals surface area contributed by atoms with Gasteiger partial charge in [0.15, 0.2) is 0 Å². The van der Waals surface area contributed by atoms with E-state index < -0.39 is 0 Å². The van der Waals surface area contributed by atoms with Crippen LogP contribution in [0.15, 0.2) is 270 Å². The third-order valence-electron chi connectivity index (χ3n) is 14.3. The summed E-state index contributed by atoms with van der Waals surface area (Å²) in [6.07, 6.45) is 0. The fourth-order valence-electron chi connectivity index (χ4n) is 10.9. The van der Waals surface area contributed by atoms with E-state index >= 15 is 0 Å². The maximum absolute atomic E-state index is 6.73. The molecule has 0 saturated carbocycles. The Bertz CT molecular complexity index is 4320. The standard InChI is InChI=1S/C68H43NO2/c1-3-15-45(16-4-1)53-40-35-50(43-61(53)46-17-5-2-6-18-46)44-29-36-51(37-30-44)69(52-38-31-49(32-39-52)54-24-13-27-63-65(54)59-41-33-47-19-7-9-21-55(47)67(59)70-63)62-26-12-11-23-57(62)58-25-14-28-64-66(58)60-42-34-48-20-8-10-22-56(48)68(60)71-64/h1-43H. The summed E-state index contributed by atoms with van der Waals surface area (Å²) in [5, 5.41) is 9.01. The van der Waals surface area contributed by atoms with Crippen molar-refractivity contribution in [3.8, 4) is 55.6 Å². The minimum absolute atomic E-state index is 0.867. The number of furan rings is 2. The maximum Gasteiger partial charge on any atom is 0.143 e. The smallest absolute Gasteiger partial charge is 0.143 e. The Morgan fingerprint density at radius 1 is 0.254 bits per heavy atom. The average molecular weight is 906 g/mol. The highest BCUT2D eigenvalue weighted by atomic mass is 16.3. The fourth-order valence-corrected chi connectivity index (χ4v) is 10.9. The molecule has 0 N–H and O–H groups in total. The van der Waals surface area contributed by atoms with Crippen LogP contribution in [-0.2, 0) is 0 Å². The van der Waals surface area contributed by atoms with Crippen molar-refractivity contribution in [3.05, 3.63) is 261 Å². The van der Waals surface area contributed by atoms with Gasteiger partial charge in [-0.3, -0.25) is 0 Å². The molecule has 14 aromatic rings. The molecule has 3 heteroatoms. The highest BCUT2D eigenvalue weighted by Gasteiger charge is 2.22. The zero-order valence-corrected chi connectivity index (χ0v) is 38.6. The van der Waals surface area contributed by atoms with E-state index in [1.165, 1.54) is 27.6 Å². The molecule has 2 heterocycles. The van der Waals surface area contributed by atoms with E-state index in [9.17, 15) is 0 Å². The summed E-state index contributed by atoms with van der Waals surface area (Å²) >= 11 is 0. The van der Waals surface area contributed by atoms with Gasteiger partial charge < -0.3 is 13.7 Å². The van der Waals surface area contributed by atoms with Gasteiger partial charge in [0, 0.05) is 49.3 Å². The monoisotopic (exact) mass is 905 g/mol. The lowest BCUT2D eigenvalue weighted by Crippen LogP contribution is -2.11. The van der Waals surface area contributed by atoms with Crippen LogP contribution in [0.5, 0.6) is 0 Å². The molecule has 3 nitrogen and oxygen atoms in total. The van der Waals surface area contributed by atoms with Gasteiger partial charge in [-0.05, 0) is 122 Å². The Labute approximate surface area is 410 Å². The molecule has 0 unspecified atom stereocenters. The zero-order chi connectivity index (χ0) is 46.8. The Hall–Kier alpha value is -9.44. The summed E-state index contributed by atoms with van der Waals surface area (Å²) in [6.45, 7) is 0. The van der Waals surface area contributed by atoms with E-state index in [1.54, 1.807) is 0 Å². The fraction of sp³-hybridized carbons (Fsp3) is 0. The summed E-state index contributed by atoms with van der Waals surface area (Å²) in [5.41, 5.74) is 18.3.